The van der Waals surface area contributed by atoms with Gasteiger partial charge in [-0.15, -0.1) is 0 Å². The summed E-state index contributed by atoms with van der Waals surface area (Å²) < 4.78 is 20.9. The summed E-state index contributed by atoms with van der Waals surface area (Å²) in [5.74, 6) is -1.74. The summed E-state index contributed by atoms with van der Waals surface area (Å²) in [6.45, 7) is 5.36. The van der Waals surface area contributed by atoms with E-state index >= 15 is 0 Å². The first kappa shape index (κ1) is 18.9. The number of ether oxygens (including phenoxy) is 1. The lowest BCUT2D eigenvalue weighted by Crippen LogP contribution is -2.20. The molecule has 142 valence electrons. The molecule has 0 saturated heterocycles. The molecule has 1 heterocycles. The largest absolute Gasteiger partial charge is 0.452 e. The number of benzene rings is 1. The van der Waals surface area contributed by atoms with Crippen molar-refractivity contribution in [3.63, 3.8) is 0 Å². The molecule has 0 unspecified atom stereocenters. The van der Waals surface area contributed by atoms with Gasteiger partial charge in [-0.25, -0.2) is 9.18 Å². The number of carbonyl (C=O) groups is 2. The summed E-state index contributed by atoms with van der Waals surface area (Å²) in [5, 5.41) is 2.39. The molecule has 3 rings (SSSR count). The predicted molar refractivity (Wildman–Crippen MR) is 102 cm³/mol. The number of halogens is 1. The third-order valence-electron chi connectivity index (χ3n) is 4.58. The normalized spacial score (nSPS) is 13.8. The lowest BCUT2D eigenvalue weighted by Gasteiger charge is -2.07. The molecule has 1 aliphatic carbocycles. The number of aryl methyl sites for hydroxylation is 2. The van der Waals surface area contributed by atoms with Gasteiger partial charge in [-0.2, -0.15) is 0 Å². The molecule has 1 aliphatic rings. The van der Waals surface area contributed by atoms with Gasteiger partial charge in [-0.1, -0.05) is 6.07 Å². The van der Waals surface area contributed by atoms with Crippen molar-refractivity contribution in [3.05, 3.63) is 58.7 Å². The van der Waals surface area contributed by atoms with E-state index in [1.807, 2.05) is 13.0 Å². The Labute approximate surface area is 157 Å². The molecule has 2 aromatic rings. The van der Waals surface area contributed by atoms with Crippen LogP contribution in [0.3, 0.4) is 0 Å². The predicted octanol–water partition coefficient (Wildman–Crippen LogP) is 4.08. The monoisotopic (exact) mass is 370 g/mol. The lowest BCUT2D eigenvalue weighted by molar-refractivity contribution is -0.142. The average molecular weight is 370 g/mol. The summed E-state index contributed by atoms with van der Waals surface area (Å²) in [6.07, 6.45) is 5.39. The number of anilines is 1. The van der Waals surface area contributed by atoms with Gasteiger partial charge in [0.1, 0.15) is 5.82 Å². The zero-order chi connectivity index (χ0) is 19.6. The third kappa shape index (κ3) is 4.64. The molecule has 5 nitrogen and oxygen atoms in total. The van der Waals surface area contributed by atoms with Gasteiger partial charge in [0.2, 0.25) is 0 Å². The van der Waals surface area contributed by atoms with Gasteiger partial charge in [-0.3, -0.25) is 4.79 Å². The van der Waals surface area contributed by atoms with Crippen LogP contribution in [0.15, 0.2) is 30.3 Å². The van der Waals surface area contributed by atoms with Crippen LogP contribution in [0.4, 0.5) is 10.1 Å². The number of nitrogens with one attached hydrogen (secondary N) is 1. The summed E-state index contributed by atoms with van der Waals surface area (Å²) in [7, 11) is 0. The van der Waals surface area contributed by atoms with Crippen molar-refractivity contribution in [2.75, 3.05) is 11.9 Å². The molecule has 0 spiro atoms. The fourth-order valence-electron chi connectivity index (χ4n) is 3.12. The van der Waals surface area contributed by atoms with Crippen LogP contribution in [0, 0.1) is 26.6 Å². The second-order valence-electron chi connectivity index (χ2n) is 6.90. The zero-order valence-corrected chi connectivity index (χ0v) is 15.7. The average Bonchev–Trinajstić information content (AvgIpc) is 3.39. The van der Waals surface area contributed by atoms with Crippen LogP contribution in [-0.4, -0.2) is 23.1 Å². The van der Waals surface area contributed by atoms with Gasteiger partial charge in [0.05, 0.1) is 5.69 Å². The Morgan fingerprint density at radius 1 is 1.26 bits per heavy atom. The van der Waals surface area contributed by atoms with Crippen LogP contribution in [0.1, 0.15) is 41.4 Å². The molecule has 0 bridgehead atoms. The van der Waals surface area contributed by atoms with Crippen molar-refractivity contribution in [1.29, 1.82) is 0 Å². The highest BCUT2D eigenvalue weighted by Crippen LogP contribution is 2.38. The number of carbonyl (C=O) groups excluding carboxylic acids is 2. The Bertz CT molecular complexity index is 910. The van der Waals surface area contributed by atoms with E-state index in [1.54, 1.807) is 19.1 Å². The minimum atomic E-state index is -0.620. The second-order valence-corrected chi connectivity index (χ2v) is 6.90. The zero-order valence-electron chi connectivity index (χ0n) is 15.7. The van der Waals surface area contributed by atoms with Gasteiger partial charge in [0.25, 0.3) is 5.91 Å². The maximum atomic E-state index is 13.7. The fourth-order valence-corrected chi connectivity index (χ4v) is 3.12. The molecular weight excluding hydrogens is 347 g/mol. The Hall–Kier alpha value is -2.89. The van der Waals surface area contributed by atoms with Crippen molar-refractivity contribution in [1.82, 2.24) is 4.57 Å². The van der Waals surface area contributed by atoms with Crippen LogP contribution in [0.2, 0.25) is 0 Å². The summed E-state index contributed by atoms with van der Waals surface area (Å²) in [4.78, 5) is 23.7. The van der Waals surface area contributed by atoms with Gasteiger partial charge in [0.15, 0.2) is 6.61 Å². The van der Waals surface area contributed by atoms with E-state index in [2.05, 4.69) is 16.8 Å². The standard InChI is InChI=1S/C21H23FN2O3/c1-13-4-8-19(18(22)10-13)23-20(25)12-27-21(26)9-5-16-11-14(2)24(15(16)3)17-6-7-17/h4-5,8-11,17H,6-7,12H2,1-3H3,(H,23,25)/b9-5+. The highest BCUT2D eigenvalue weighted by Gasteiger charge is 2.26. The minimum absolute atomic E-state index is 0.0599. The van der Waals surface area contributed by atoms with E-state index in [0.29, 0.717) is 6.04 Å². The Morgan fingerprint density at radius 3 is 2.67 bits per heavy atom. The van der Waals surface area contributed by atoms with Gasteiger partial charge in [0, 0.05) is 23.5 Å². The molecule has 1 N–H and O–H groups in total. The summed E-state index contributed by atoms with van der Waals surface area (Å²) >= 11 is 0. The maximum Gasteiger partial charge on any atom is 0.331 e. The molecule has 0 aliphatic heterocycles. The highest BCUT2D eigenvalue weighted by atomic mass is 19.1. The molecule has 1 fully saturated rings. The van der Waals surface area contributed by atoms with Gasteiger partial charge in [-0.05, 0) is 69.0 Å². The van der Waals surface area contributed by atoms with Crippen LogP contribution in [-0.2, 0) is 14.3 Å². The van der Waals surface area contributed by atoms with E-state index in [-0.39, 0.29) is 5.69 Å². The number of hydrogen-bond donors (Lipinski definition) is 1. The molecule has 6 heteroatoms. The van der Waals surface area contributed by atoms with Crippen molar-refractivity contribution in [2.24, 2.45) is 0 Å². The number of nitrogens with zero attached hydrogens (tertiary/aromatic N) is 1. The van der Waals surface area contributed by atoms with Crippen molar-refractivity contribution in [2.45, 2.75) is 39.7 Å². The third-order valence-corrected chi connectivity index (χ3v) is 4.58. The second kappa shape index (κ2) is 7.78. The van der Waals surface area contributed by atoms with Crippen LogP contribution >= 0.6 is 0 Å². The molecule has 27 heavy (non-hydrogen) atoms. The minimum Gasteiger partial charge on any atom is -0.452 e. The van der Waals surface area contributed by atoms with E-state index < -0.39 is 24.3 Å². The topological polar surface area (TPSA) is 60.3 Å². The Morgan fingerprint density at radius 2 is 2.00 bits per heavy atom. The van der Waals surface area contributed by atoms with Crippen molar-refractivity contribution in [3.8, 4) is 0 Å². The first-order chi connectivity index (χ1) is 12.8. The molecule has 1 amide bonds. The van der Waals surface area contributed by atoms with E-state index in [1.165, 1.54) is 36.7 Å². The smallest absolute Gasteiger partial charge is 0.331 e. The summed E-state index contributed by atoms with van der Waals surface area (Å²) in [5.41, 5.74) is 4.06. The molecule has 1 saturated carbocycles. The first-order valence-corrected chi connectivity index (χ1v) is 8.94. The van der Waals surface area contributed by atoms with Crippen molar-refractivity contribution < 1.29 is 18.7 Å². The number of hydrogen-bond acceptors (Lipinski definition) is 3. The van der Waals surface area contributed by atoms with Crippen molar-refractivity contribution >= 4 is 23.6 Å². The number of rotatable bonds is 6. The van der Waals surface area contributed by atoms with Gasteiger partial charge >= 0.3 is 5.97 Å². The Kier molecular flexibility index (Phi) is 5.44. The van der Waals surface area contributed by atoms with Gasteiger partial charge < -0.3 is 14.6 Å². The van der Waals surface area contributed by atoms with E-state index in [9.17, 15) is 14.0 Å². The number of aromatic nitrogens is 1. The number of amides is 1. The maximum absolute atomic E-state index is 13.7. The van der Waals surface area contributed by atoms with E-state index in [0.717, 1.165) is 16.8 Å². The highest BCUT2D eigenvalue weighted by molar-refractivity contribution is 5.94. The van der Waals surface area contributed by atoms with Crippen LogP contribution in [0.5, 0.6) is 0 Å². The van der Waals surface area contributed by atoms with E-state index in [4.69, 9.17) is 4.74 Å². The molecule has 0 radical (unpaired) electrons. The van der Waals surface area contributed by atoms with Crippen LogP contribution in [0.25, 0.3) is 6.08 Å². The van der Waals surface area contributed by atoms with Crippen LogP contribution < -0.4 is 5.32 Å². The summed E-state index contributed by atoms with van der Waals surface area (Å²) in [6, 6.07) is 7.09. The first-order valence-electron chi connectivity index (χ1n) is 8.94. The SMILES string of the molecule is Cc1ccc(NC(=O)COC(=O)/C=C/c2cc(C)n(C3CC3)c2C)c(F)c1. The Balaban J connectivity index is 1.53. The number of esters is 1. The lowest BCUT2D eigenvalue weighted by atomic mass is 10.2. The fraction of sp³-hybridized carbons (Fsp3) is 0.333. The molecular formula is C21H23FN2O3. The quantitative estimate of drug-likeness (QED) is 0.616. The molecule has 1 aromatic heterocycles. The molecule has 0 atom stereocenters. The molecule has 1 aromatic carbocycles.